The Morgan fingerprint density at radius 2 is 1.45 bits per heavy atom. The molecule has 4 aromatic carbocycles. The molecule has 0 bridgehead atoms. The van der Waals surface area contributed by atoms with E-state index in [4.69, 9.17) is 4.74 Å². The molecule has 38 heavy (non-hydrogen) atoms. The van der Waals surface area contributed by atoms with Crippen molar-refractivity contribution in [1.29, 1.82) is 0 Å². The topological polar surface area (TPSA) is 58.6 Å². The molecule has 0 saturated carbocycles. The molecule has 0 spiro atoms. The maximum atomic E-state index is 13.6. The fourth-order valence-electron chi connectivity index (χ4n) is 4.14. The zero-order valence-electron chi connectivity index (χ0n) is 21.7. The van der Waals surface area contributed by atoms with Crippen molar-refractivity contribution in [2.75, 3.05) is 11.9 Å². The van der Waals surface area contributed by atoms with E-state index in [-0.39, 0.29) is 24.5 Å². The Morgan fingerprint density at radius 1 is 0.816 bits per heavy atom. The number of ether oxygens (including phenoxy) is 1. The van der Waals surface area contributed by atoms with Crippen LogP contribution in [-0.4, -0.2) is 23.5 Å². The highest BCUT2D eigenvalue weighted by atomic mass is 32.2. The number of amides is 2. The van der Waals surface area contributed by atoms with Crippen LogP contribution in [0.3, 0.4) is 0 Å². The van der Waals surface area contributed by atoms with Crippen molar-refractivity contribution in [3.63, 3.8) is 0 Å². The first-order valence-electron chi connectivity index (χ1n) is 12.7. The van der Waals surface area contributed by atoms with Gasteiger partial charge in [-0.2, -0.15) is 0 Å². The van der Waals surface area contributed by atoms with Crippen molar-refractivity contribution in [2.24, 2.45) is 0 Å². The molecule has 0 radical (unpaired) electrons. The van der Waals surface area contributed by atoms with Gasteiger partial charge in [0, 0.05) is 22.0 Å². The first-order chi connectivity index (χ1) is 18.5. The van der Waals surface area contributed by atoms with Gasteiger partial charge in [-0.25, -0.2) is 4.79 Å². The number of rotatable bonds is 10. The van der Waals surface area contributed by atoms with Crippen molar-refractivity contribution in [3.05, 3.63) is 126 Å². The van der Waals surface area contributed by atoms with Gasteiger partial charge in [-0.05, 0) is 60.9 Å². The van der Waals surface area contributed by atoms with Gasteiger partial charge in [0.2, 0.25) is 0 Å². The summed E-state index contributed by atoms with van der Waals surface area (Å²) in [5.41, 5.74) is 3.77. The number of hydrogen-bond acceptors (Lipinski definition) is 4. The zero-order chi connectivity index (χ0) is 26.7. The summed E-state index contributed by atoms with van der Waals surface area (Å²) in [5.74, 6) is -0.232. The maximum absolute atomic E-state index is 13.6. The highest BCUT2D eigenvalue weighted by Gasteiger charge is 2.22. The molecule has 5 nitrogen and oxygen atoms in total. The normalized spacial score (nSPS) is 11.4. The summed E-state index contributed by atoms with van der Waals surface area (Å²) in [7, 11) is 0. The van der Waals surface area contributed by atoms with Crippen LogP contribution in [0, 0.1) is 0 Å². The summed E-state index contributed by atoms with van der Waals surface area (Å²) in [6.07, 6.45) is 0.245. The Bertz CT molecular complexity index is 1350. The van der Waals surface area contributed by atoms with E-state index in [2.05, 4.69) is 5.32 Å². The van der Waals surface area contributed by atoms with Crippen LogP contribution in [0.25, 0.3) is 0 Å². The standard InChI is InChI=1S/C32H32N2O3S/c1-3-37-31(35)21-26-14-10-18-29(20-26)38-30-19-11-17-28(22-30)33-32(36)34(23-25-12-6-4-7-13-25)24(2)27-15-8-5-9-16-27/h4-20,22,24H,3,21,23H2,1-2H3,(H,33,36). The van der Waals surface area contributed by atoms with Gasteiger partial charge < -0.3 is 15.0 Å². The summed E-state index contributed by atoms with van der Waals surface area (Å²) in [6, 6.07) is 35.5. The van der Waals surface area contributed by atoms with E-state index in [1.54, 1.807) is 18.7 Å². The molecule has 4 rings (SSSR count). The number of urea groups is 1. The predicted octanol–water partition coefficient (Wildman–Crippen LogP) is 7.74. The fourth-order valence-corrected chi connectivity index (χ4v) is 5.10. The van der Waals surface area contributed by atoms with Crippen molar-refractivity contribution in [2.45, 2.75) is 42.6 Å². The third-order valence-electron chi connectivity index (χ3n) is 6.08. The Morgan fingerprint density at radius 3 is 2.16 bits per heavy atom. The third kappa shape index (κ3) is 7.73. The number of nitrogens with zero attached hydrogens (tertiary/aromatic N) is 1. The van der Waals surface area contributed by atoms with Crippen LogP contribution < -0.4 is 5.32 Å². The summed E-state index contributed by atoms with van der Waals surface area (Å²) < 4.78 is 5.07. The van der Waals surface area contributed by atoms with E-state index in [1.165, 1.54) is 0 Å². The average Bonchev–Trinajstić information content (AvgIpc) is 2.93. The Kier molecular flexibility index (Phi) is 9.59. The van der Waals surface area contributed by atoms with E-state index in [1.807, 2.05) is 121 Å². The van der Waals surface area contributed by atoms with E-state index >= 15 is 0 Å². The lowest BCUT2D eigenvalue weighted by Crippen LogP contribution is -2.36. The molecular formula is C32H32N2O3S. The number of carbonyl (C=O) groups is 2. The molecule has 2 amide bonds. The number of benzene rings is 4. The smallest absolute Gasteiger partial charge is 0.322 e. The second-order valence-corrected chi connectivity index (χ2v) is 10.0. The molecule has 0 saturated heterocycles. The van der Waals surface area contributed by atoms with Crippen LogP contribution in [0.4, 0.5) is 10.5 Å². The molecular weight excluding hydrogens is 492 g/mol. The largest absolute Gasteiger partial charge is 0.466 e. The lowest BCUT2D eigenvalue weighted by atomic mass is 10.1. The van der Waals surface area contributed by atoms with Crippen LogP contribution in [0.5, 0.6) is 0 Å². The third-order valence-corrected chi connectivity index (χ3v) is 7.06. The average molecular weight is 525 g/mol. The lowest BCUT2D eigenvalue weighted by Gasteiger charge is -2.30. The predicted molar refractivity (Wildman–Crippen MR) is 153 cm³/mol. The molecule has 0 aromatic heterocycles. The van der Waals surface area contributed by atoms with Gasteiger partial charge in [0.15, 0.2) is 0 Å². The van der Waals surface area contributed by atoms with Gasteiger partial charge in [0.1, 0.15) is 0 Å². The summed E-state index contributed by atoms with van der Waals surface area (Å²) in [4.78, 5) is 29.3. The molecule has 0 aliphatic carbocycles. The van der Waals surface area contributed by atoms with Gasteiger partial charge in [-0.15, -0.1) is 0 Å². The van der Waals surface area contributed by atoms with E-state index in [0.29, 0.717) is 13.2 Å². The van der Waals surface area contributed by atoms with E-state index < -0.39 is 0 Å². The van der Waals surface area contributed by atoms with Gasteiger partial charge in [-0.3, -0.25) is 4.79 Å². The van der Waals surface area contributed by atoms with E-state index in [0.717, 1.165) is 32.2 Å². The summed E-state index contributed by atoms with van der Waals surface area (Å²) in [6.45, 7) is 4.72. The van der Waals surface area contributed by atoms with Crippen molar-refractivity contribution < 1.29 is 14.3 Å². The molecule has 1 unspecified atom stereocenters. The highest BCUT2D eigenvalue weighted by Crippen LogP contribution is 2.31. The first kappa shape index (κ1) is 27.0. The van der Waals surface area contributed by atoms with Crippen molar-refractivity contribution >= 4 is 29.4 Å². The number of hydrogen-bond donors (Lipinski definition) is 1. The van der Waals surface area contributed by atoms with Crippen LogP contribution in [0.15, 0.2) is 119 Å². The quantitative estimate of drug-likeness (QED) is 0.216. The Balaban J connectivity index is 1.48. The van der Waals surface area contributed by atoms with E-state index in [9.17, 15) is 9.59 Å². The van der Waals surface area contributed by atoms with Crippen LogP contribution in [0.1, 0.15) is 36.6 Å². The molecule has 0 aliphatic heterocycles. The second kappa shape index (κ2) is 13.5. The van der Waals surface area contributed by atoms with Crippen LogP contribution >= 0.6 is 11.8 Å². The number of nitrogens with one attached hydrogen (secondary N) is 1. The maximum Gasteiger partial charge on any atom is 0.322 e. The molecule has 1 N–H and O–H groups in total. The van der Waals surface area contributed by atoms with Gasteiger partial charge in [0.25, 0.3) is 0 Å². The second-order valence-electron chi connectivity index (χ2n) is 8.89. The minimum Gasteiger partial charge on any atom is -0.466 e. The molecule has 4 aromatic rings. The monoisotopic (exact) mass is 524 g/mol. The molecule has 1 atom stereocenters. The summed E-state index contributed by atoms with van der Waals surface area (Å²) >= 11 is 1.58. The highest BCUT2D eigenvalue weighted by molar-refractivity contribution is 7.99. The minimum absolute atomic E-state index is 0.115. The SMILES string of the molecule is CCOC(=O)Cc1cccc(Sc2cccc(NC(=O)N(Cc3ccccc3)C(C)c3ccccc3)c2)c1. The first-order valence-corrected chi connectivity index (χ1v) is 13.5. The number of carbonyl (C=O) groups excluding carboxylic acids is 2. The van der Waals surface area contributed by atoms with Crippen LogP contribution in [-0.2, 0) is 22.5 Å². The number of esters is 1. The van der Waals surface area contributed by atoms with Gasteiger partial charge in [0.05, 0.1) is 19.1 Å². The lowest BCUT2D eigenvalue weighted by molar-refractivity contribution is -0.142. The molecule has 0 heterocycles. The molecule has 6 heteroatoms. The number of anilines is 1. The Labute approximate surface area is 228 Å². The van der Waals surface area contributed by atoms with Gasteiger partial charge >= 0.3 is 12.0 Å². The summed E-state index contributed by atoms with van der Waals surface area (Å²) in [5, 5.41) is 3.10. The molecule has 194 valence electrons. The fraction of sp³-hybridized carbons (Fsp3) is 0.188. The minimum atomic E-state index is -0.232. The van der Waals surface area contributed by atoms with Crippen molar-refractivity contribution in [3.8, 4) is 0 Å². The van der Waals surface area contributed by atoms with Crippen molar-refractivity contribution in [1.82, 2.24) is 4.90 Å². The zero-order valence-corrected chi connectivity index (χ0v) is 22.5. The molecule has 0 fully saturated rings. The Hall–Kier alpha value is -4.03. The van der Waals surface area contributed by atoms with Gasteiger partial charge in [-0.1, -0.05) is 90.6 Å². The van der Waals surface area contributed by atoms with Crippen LogP contribution in [0.2, 0.25) is 0 Å². The molecule has 0 aliphatic rings.